The summed E-state index contributed by atoms with van der Waals surface area (Å²) in [5, 5.41) is 25.3. The van der Waals surface area contributed by atoms with Crippen LogP contribution in [0.5, 0.6) is 0 Å². The zero-order valence-corrected chi connectivity index (χ0v) is 18.8. The van der Waals surface area contributed by atoms with Crippen molar-refractivity contribution in [2.24, 2.45) is 17.6 Å². The molecule has 0 bridgehead atoms. The third-order valence-corrected chi connectivity index (χ3v) is 4.87. The molecule has 5 unspecified atom stereocenters. The molecule has 0 aromatic heterocycles. The number of nitrogens with one attached hydrogen (secondary N) is 3. The average molecular weight is 445 g/mol. The van der Waals surface area contributed by atoms with Gasteiger partial charge in [-0.15, -0.1) is 0 Å². The average Bonchev–Trinajstić information content (AvgIpc) is 2.66. The lowest BCUT2D eigenvalue weighted by Gasteiger charge is -2.27. The van der Waals surface area contributed by atoms with Crippen LogP contribution in [-0.2, 0) is 24.0 Å². The van der Waals surface area contributed by atoms with Gasteiger partial charge in [0.25, 0.3) is 0 Å². The molecular weight excluding hydrogens is 408 g/mol. The summed E-state index contributed by atoms with van der Waals surface area (Å²) in [6, 6.07) is -4.20. The fourth-order valence-electron chi connectivity index (χ4n) is 2.77. The van der Waals surface area contributed by atoms with Gasteiger partial charge in [0, 0.05) is 6.42 Å². The Hall–Kier alpha value is -2.69. The molecule has 7 N–H and O–H groups in total. The number of rotatable bonds is 14. The number of aliphatic carboxylic acids is 2. The van der Waals surface area contributed by atoms with Gasteiger partial charge >= 0.3 is 11.9 Å². The van der Waals surface area contributed by atoms with E-state index in [0.29, 0.717) is 12.8 Å². The van der Waals surface area contributed by atoms with Crippen LogP contribution < -0.4 is 21.7 Å². The van der Waals surface area contributed by atoms with E-state index in [1.807, 2.05) is 13.8 Å². The van der Waals surface area contributed by atoms with E-state index in [1.165, 1.54) is 6.92 Å². The van der Waals surface area contributed by atoms with Gasteiger partial charge in [-0.2, -0.15) is 0 Å². The maximum absolute atomic E-state index is 12.7. The lowest BCUT2D eigenvalue weighted by molar-refractivity contribution is -0.143. The Bertz CT molecular complexity index is 653. The van der Waals surface area contributed by atoms with Crippen molar-refractivity contribution in [1.29, 1.82) is 0 Å². The Balaban J connectivity index is 5.16. The van der Waals surface area contributed by atoms with E-state index in [-0.39, 0.29) is 18.3 Å². The first-order valence-corrected chi connectivity index (χ1v) is 10.4. The van der Waals surface area contributed by atoms with Gasteiger partial charge in [-0.25, -0.2) is 4.79 Å². The van der Waals surface area contributed by atoms with Crippen LogP contribution in [0.1, 0.15) is 60.3 Å². The summed E-state index contributed by atoms with van der Waals surface area (Å²) in [5.74, 6) is -4.55. The quantitative estimate of drug-likeness (QED) is 0.213. The summed E-state index contributed by atoms with van der Waals surface area (Å²) in [4.78, 5) is 59.4. The molecule has 0 spiro atoms. The number of amides is 3. The summed E-state index contributed by atoms with van der Waals surface area (Å²) < 4.78 is 0. The molecule has 0 saturated heterocycles. The molecule has 0 aromatic carbocycles. The number of hydrogen-bond donors (Lipinski definition) is 6. The van der Waals surface area contributed by atoms with Crippen LogP contribution in [0.4, 0.5) is 0 Å². The second-order valence-corrected chi connectivity index (χ2v) is 8.17. The Morgan fingerprint density at radius 3 is 1.90 bits per heavy atom. The van der Waals surface area contributed by atoms with Crippen molar-refractivity contribution in [3.05, 3.63) is 0 Å². The first-order chi connectivity index (χ1) is 14.3. The molecular formula is C20H36N4O7. The minimum atomic E-state index is -1.40. The molecule has 0 rings (SSSR count). The van der Waals surface area contributed by atoms with Crippen molar-refractivity contribution < 1.29 is 34.2 Å². The highest BCUT2D eigenvalue weighted by Gasteiger charge is 2.31. The second kappa shape index (κ2) is 13.6. The molecule has 0 fully saturated rings. The Labute approximate surface area is 182 Å². The van der Waals surface area contributed by atoms with Gasteiger partial charge in [0.05, 0.1) is 6.04 Å². The van der Waals surface area contributed by atoms with Crippen molar-refractivity contribution in [2.45, 2.75) is 84.5 Å². The highest BCUT2D eigenvalue weighted by molar-refractivity contribution is 5.94. The SMILES string of the molecule is CCC(C)C(NC(=O)C(C)NC(=O)C(N)CC(C)C)C(=O)NC(CCC(=O)O)C(=O)O. The van der Waals surface area contributed by atoms with Crippen LogP contribution in [-0.4, -0.2) is 64.0 Å². The highest BCUT2D eigenvalue weighted by atomic mass is 16.4. The van der Waals surface area contributed by atoms with Crippen molar-refractivity contribution in [3.8, 4) is 0 Å². The topological polar surface area (TPSA) is 188 Å². The largest absolute Gasteiger partial charge is 0.481 e. The summed E-state index contributed by atoms with van der Waals surface area (Å²) in [5.41, 5.74) is 5.81. The summed E-state index contributed by atoms with van der Waals surface area (Å²) in [6.45, 7) is 8.79. The smallest absolute Gasteiger partial charge is 0.326 e. The lowest BCUT2D eigenvalue weighted by atomic mass is 9.97. The standard InChI is InChI=1S/C20H36N4O7/c1-6-11(4)16(19(29)23-14(20(30)31)7-8-15(25)26)24-17(27)12(5)22-18(28)13(21)9-10(2)3/h10-14,16H,6-9,21H2,1-5H3,(H,22,28)(H,23,29)(H,24,27)(H,25,26)(H,30,31). The van der Waals surface area contributed by atoms with E-state index >= 15 is 0 Å². The van der Waals surface area contributed by atoms with E-state index < -0.39 is 60.2 Å². The molecule has 0 heterocycles. The van der Waals surface area contributed by atoms with Crippen LogP contribution in [0.2, 0.25) is 0 Å². The van der Waals surface area contributed by atoms with Crippen LogP contribution in [0.15, 0.2) is 0 Å². The van der Waals surface area contributed by atoms with E-state index in [4.69, 9.17) is 10.8 Å². The number of carbonyl (C=O) groups excluding carboxylic acids is 3. The molecule has 0 aromatic rings. The van der Waals surface area contributed by atoms with E-state index in [9.17, 15) is 29.1 Å². The van der Waals surface area contributed by atoms with E-state index in [0.717, 1.165) is 0 Å². The zero-order valence-electron chi connectivity index (χ0n) is 18.8. The molecule has 0 radical (unpaired) electrons. The van der Waals surface area contributed by atoms with Crippen molar-refractivity contribution in [2.75, 3.05) is 0 Å². The third kappa shape index (κ3) is 10.8. The molecule has 5 atom stereocenters. The molecule has 11 heteroatoms. The fraction of sp³-hybridized carbons (Fsp3) is 0.750. The van der Waals surface area contributed by atoms with Crippen LogP contribution in [0, 0.1) is 11.8 Å². The molecule has 11 nitrogen and oxygen atoms in total. The van der Waals surface area contributed by atoms with Gasteiger partial charge in [-0.3, -0.25) is 19.2 Å². The minimum Gasteiger partial charge on any atom is -0.481 e. The van der Waals surface area contributed by atoms with E-state index in [2.05, 4.69) is 16.0 Å². The Morgan fingerprint density at radius 1 is 0.871 bits per heavy atom. The van der Waals surface area contributed by atoms with Gasteiger partial charge in [0.2, 0.25) is 17.7 Å². The van der Waals surface area contributed by atoms with Crippen molar-refractivity contribution >= 4 is 29.7 Å². The number of hydrogen-bond acceptors (Lipinski definition) is 6. The zero-order chi connectivity index (χ0) is 24.3. The highest BCUT2D eigenvalue weighted by Crippen LogP contribution is 2.10. The summed E-state index contributed by atoms with van der Waals surface area (Å²) in [6.07, 6.45) is 0.227. The molecule has 0 aliphatic carbocycles. The fourth-order valence-corrected chi connectivity index (χ4v) is 2.77. The van der Waals surface area contributed by atoms with Gasteiger partial charge in [-0.05, 0) is 31.6 Å². The maximum atomic E-state index is 12.7. The summed E-state index contributed by atoms with van der Waals surface area (Å²) >= 11 is 0. The number of carboxylic acid groups (broad SMARTS) is 2. The maximum Gasteiger partial charge on any atom is 0.326 e. The van der Waals surface area contributed by atoms with Gasteiger partial charge in [0.1, 0.15) is 18.1 Å². The number of nitrogens with two attached hydrogens (primary N) is 1. The summed E-state index contributed by atoms with van der Waals surface area (Å²) in [7, 11) is 0. The predicted molar refractivity (Wildman–Crippen MR) is 113 cm³/mol. The normalized spacial score (nSPS) is 15.8. The molecule has 0 aliphatic rings. The van der Waals surface area contributed by atoms with Crippen LogP contribution in [0.25, 0.3) is 0 Å². The molecule has 31 heavy (non-hydrogen) atoms. The first kappa shape index (κ1) is 28.3. The van der Waals surface area contributed by atoms with Crippen LogP contribution >= 0.6 is 0 Å². The molecule has 3 amide bonds. The molecule has 0 saturated carbocycles. The van der Waals surface area contributed by atoms with Gasteiger partial charge in [0.15, 0.2) is 0 Å². The lowest BCUT2D eigenvalue weighted by Crippen LogP contribution is -2.58. The first-order valence-electron chi connectivity index (χ1n) is 10.4. The monoisotopic (exact) mass is 444 g/mol. The molecule has 0 aliphatic heterocycles. The number of carboxylic acids is 2. The number of carbonyl (C=O) groups is 5. The van der Waals surface area contributed by atoms with Gasteiger partial charge in [-0.1, -0.05) is 34.1 Å². The minimum absolute atomic E-state index is 0.201. The van der Waals surface area contributed by atoms with Crippen LogP contribution in [0.3, 0.4) is 0 Å². The van der Waals surface area contributed by atoms with Gasteiger partial charge < -0.3 is 31.9 Å². The predicted octanol–water partition coefficient (Wildman–Crippen LogP) is -0.170. The Morgan fingerprint density at radius 2 is 1.45 bits per heavy atom. The van der Waals surface area contributed by atoms with Crippen molar-refractivity contribution in [1.82, 2.24) is 16.0 Å². The van der Waals surface area contributed by atoms with Crippen molar-refractivity contribution in [3.63, 3.8) is 0 Å². The van der Waals surface area contributed by atoms with E-state index in [1.54, 1.807) is 13.8 Å². The second-order valence-electron chi connectivity index (χ2n) is 8.17. The molecule has 178 valence electrons. The third-order valence-electron chi connectivity index (χ3n) is 4.87. The Kier molecular flexibility index (Phi) is 12.4.